The monoisotopic (exact) mass is 708 g/mol. The van der Waals surface area contributed by atoms with Crippen LogP contribution in [-0.2, 0) is 23.9 Å². The highest BCUT2D eigenvalue weighted by Crippen LogP contribution is 2.22. The van der Waals surface area contributed by atoms with Crippen LogP contribution in [0.4, 0.5) is 0 Å². The molecule has 0 N–H and O–H groups in total. The third-order valence-corrected chi connectivity index (χ3v) is 10.3. The second kappa shape index (κ2) is 37.2. The summed E-state index contributed by atoms with van der Waals surface area (Å²) in [5, 5.41) is 0. The number of carbonyl (C=O) groups excluding carboxylic acids is 3. The Hall–Kier alpha value is -1.59. The molecule has 2 atom stereocenters. The molecule has 0 rings (SSSR count). The first kappa shape index (κ1) is 48.4. The molecule has 0 aromatic heterocycles. The van der Waals surface area contributed by atoms with Crippen LogP contribution in [0.3, 0.4) is 0 Å². The molecule has 6 heteroatoms. The minimum Gasteiger partial charge on any atom is -0.464 e. The average molecular weight is 708 g/mol. The lowest BCUT2D eigenvalue weighted by Crippen LogP contribution is -2.38. The Morgan fingerprint density at radius 3 is 1.02 bits per heavy atom. The van der Waals surface area contributed by atoms with Crippen LogP contribution in [0.25, 0.3) is 0 Å². The lowest BCUT2D eigenvalue weighted by Gasteiger charge is -2.24. The molecule has 1 amide bonds. The van der Waals surface area contributed by atoms with Gasteiger partial charge in [0.2, 0.25) is 5.91 Å². The van der Waals surface area contributed by atoms with Gasteiger partial charge in [-0.3, -0.25) is 14.4 Å². The van der Waals surface area contributed by atoms with E-state index in [0.29, 0.717) is 19.5 Å². The largest absolute Gasteiger partial charge is 0.464 e. The topological polar surface area (TPSA) is 72.9 Å². The molecule has 0 fully saturated rings. The van der Waals surface area contributed by atoms with Crippen molar-refractivity contribution in [3.8, 4) is 0 Å². The molecule has 0 aliphatic carbocycles. The molecular formula is C44H85NO5. The van der Waals surface area contributed by atoms with Gasteiger partial charge in [-0.25, -0.2) is 0 Å². The highest BCUT2D eigenvalue weighted by molar-refractivity contribution is 5.76. The quantitative estimate of drug-likeness (QED) is 0.0472. The van der Waals surface area contributed by atoms with Gasteiger partial charge in [0.25, 0.3) is 0 Å². The standard InChI is InChI=1S/C44H85NO5/c1-6-11-16-21-24-28-33-40(31-26-19-14-9-4)43(47)49-38-36-45(42(46)35-30-23-18-13-8-3)37-39-50-44(48)41(32-27-20-15-10-5)34-29-25-22-17-12-7-2/h40-41H,6-39H2,1-5H3. The van der Waals surface area contributed by atoms with Gasteiger partial charge in [-0.1, -0.05) is 189 Å². The van der Waals surface area contributed by atoms with Crippen LogP contribution in [-0.4, -0.2) is 49.0 Å². The summed E-state index contributed by atoms with van der Waals surface area (Å²) in [6.07, 6.45) is 33.3. The number of hydrogen-bond donors (Lipinski definition) is 0. The predicted octanol–water partition coefficient (Wildman–Crippen LogP) is 12.9. The van der Waals surface area contributed by atoms with E-state index in [-0.39, 0.29) is 42.9 Å². The molecule has 0 aliphatic rings. The maximum absolute atomic E-state index is 13.3. The zero-order chi connectivity index (χ0) is 36.9. The first-order valence-electron chi connectivity index (χ1n) is 22.1. The number of esters is 2. The number of unbranched alkanes of at least 4 members (excludes halogenated alkanes) is 20. The van der Waals surface area contributed by atoms with E-state index in [0.717, 1.165) is 83.5 Å². The Bertz CT molecular complexity index is 722. The molecular weight excluding hydrogens is 622 g/mol. The fraction of sp³-hybridized carbons (Fsp3) is 0.932. The number of amides is 1. The van der Waals surface area contributed by atoms with Crippen molar-refractivity contribution in [2.24, 2.45) is 11.8 Å². The van der Waals surface area contributed by atoms with Crippen LogP contribution in [0, 0.1) is 11.8 Å². The Kier molecular flexibility index (Phi) is 36.0. The Labute approximate surface area is 311 Å². The third-order valence-electron chi connectivity index (χ3n) is 10.3. The van der Waals surface area contributed by atoms with E-state index >= 15 is 0 Å². The van der Waals surface area contributed by atoms with Gasteiger partial charge < -0.3 is 14.4 Å². The molecule has 6 nitrogen and oxygen atoms in total. The zero-order valence-corrected chi connectivity index (χ0v) is 34.2. The molecule has 0 saturated carbocycles. The van der Waals surface area contributed by atoms with E-state index in [1.54, 1.807) is 4.90 Å². The van der Waals surface area contributed by atoms with Gasteiger partial charge in [0, 0.05) is 6.42 Å². The van der Waals surface area contributed by atoms with Crippen LogP contribution >= 0.6 is 0 Å². The number of hydrogen-bond acceptors (Lipinski definition) is 5. The maximum Gasteiger partial charge on any atom is 0.308 e. The van der Waals surface area contributed by atoms with Crippen LogP contribution in [0.5, 0.6) is 0 Å². The molecule has 0 heterocycles. The Morgan fingerprint density at radius 2 is 0.680 bits per heavy atom. The van der Waals surface area contributed by atoms with Crippen molar-refractivity contribution in [2.75, 3.05) is 26.3 Å². The molecule has 2 unspecified atom stereocenters. The highest BCUT2D eigenvalue weighted by atomic mass is 16.5. The molecule has 50 heavy (non-hydrogen) atoms. The maximum atomic E-state index is 13.3. The van der Waals surface area contributed by atoms with Crippen molar-refractivity contribution < 1.29 is 23.9 Å². The Morgan fingerprint density at radius 1 is 0.400 bits per heavy atom. The van der Waals surface area contributed by atoms with Crippen molar-refractivity contribution in [2.45, 2.75) is 227 Å². The third kappa shape index (κ3) is 29.0. The van der Waals surface area contributed by atoms with Gasteiger partial charge in [-0.15, -0.1) is 0 Å². The van der Waals surface area contributed by atoms with Crippen LogP contribution < -0.4 is 0 Å². The van der Waals surface area contributed by atoms with E-state index in [1.165, 1.54) is 103 Å². The van der Waals surface area contributed by atoms with E-state index < -0.39 is 0 Å². The van der Waals surface area contributed by atoms with Gasteiger partial charge in [0.05, 0.1) is 24.9 Å². The molecule has 296 valence electrons. The fourth-order valence-electron chi connectivity index (χ4n) is 6.88. The van der Waals surface area contributed by atoms with Gasteiger partial charge in [0.1, 0.15) is 13.2 Å². The number of carbonyl (C=O) groups is 3. The molecule has 0 radical (unpaired) electrons. The molecule has 0 aliphatic heterocycles. The highest BCUT2D eigenvalue weighted by Gasteiger charge is 2.22. The SMILES string of the molecule is CCCCCCCCC(CCCCCC)C(=O)OCCN(CCOC(=O)C(CCCCCC)CCCCCCCC)C(=O)CCCCCCC. The van der Waals surface area contributed by atoms with Crippen molar-refractivity contribution in [3.05, 3.63) is 0 Å². The lowest BCUT2D eigenvalue weighted by atomic mass is 9.94. The van der Waals surface area contributed by atoms with E-state index in [4.69, 9.17) is 9.47 Å². The zero-order valence-electron chi connectivity index (χ0n) is 34.2. The van der Waals surface area contributed by atoms with Gasteiger partial charge >= 0.3 is 11.9 Å². The Balaban J connectivity index is 5.18. The number of nitrogens with zero attached hydrogens (tertiary/aromatic N) is 1. The van der Waals surface area contributed by atoms with Crippen molar-refractivity contribution in [1.82, 2.24) is 4.90 Å². The number of rotatable bonds is 38. The van der Waals surface area contributed by atoms with Crippen molar-refractivity contribution >= 4 is 17.8 Å². The first-order valence-corrected chi connectivity index (χ1v) is 22.1. The summed E-state index contributed by atoms with van der Waals surface area (Å²) in [5.41, 5.74) is 0. The van der Waals surface area contributed by atoms with Gasteiger partial charge in [0.15, 0.2) is 0 Å². The van der Waals surface area contributed by atoms with Crippen LogP contribution in [0.15, 0.2) is 0 Å². The summed E-state index contributed by atoms with van der Waals surface area (Å²) in [6.45, 7) is 12.2. The van der Waals surface area contributed by atoms with Crippen molar-refractivity contribution in [1.29, 1.82) is 0 Å². The summed E-state index contributed by atoms with van der Waals surface area (Å²) in [4.78, 5) is 41.7. The smallest absolute Gasteiger partial charge is 0.308 e. The summed E-state index contributed by atoms with van der Waals surface area (Å²) >= 11 is 0. The second-order valence-corrected chi connectivity index (χ2v) is 15.1. The van der Waals surface area contributed by atoms with Crippen LogP contribution in [0.1, 0.15) is 227 Å². The van der Waals surface area contributed by atoms with E-state index in [2.05, 4.69) is 34.6 Å². The summed E-state index contributed by atoms with van der Waals surface area (Å²) in [5.74, 6) is -0.242. The summed E-state index contributed by atoms with van der Waals surface area (Å²) in [7, 11) is 0. The van der Waals surface area contributed by atoms with Crippen LogP contribution in [0.2, 0.25) is 0 Å². The van der Waals surface area contributed by atoms with Gasteiger partial charge in [-0.2, -0.15) is 0 Å². The van der Waals surface area contributed by atoms with E-state index in [9.17, 15) is 14.4 Å². The summed E-state index contributed by atoms with van der Waals surface area (Å²) < 4.78 is 11.7. The average Bonchev–Trinajstić information content (AvgIpc) is 3.11. The molecule has 0 spiro atoms. The summed E-state index contributed by atoms with van der Waals surface area (Å²) in [6, 6.07) is 0. The molecule has 0 aromatic carbocycles. The second-order valence-electron chi connectivity index (χ2n) is 15.1. The minimum absolute atomic E-state index is 0.0531. The molecule has 0 saturated heterocycles. The van der Waals surface area contributed by atoms with E-state index in [1.807, 2.05) is 0 Å². The normalized spacial score (nSPS) is 12.5. The van der Waals surface area contributed by atoms with Gasteiger partial charge in [-0.05, 0) is 32.1 Å². The lowest BCUT2D eigenvalue weighted by molar-refractivity contribution is -0.152. The first-order chi connectivity index (χ1) is 24.4. The van der Waals surface area contributed by atoms with Crippen molar-refractivity contribution in [3.63, 3.8) is 0 Å². The fourth-order valence-corrected chi connectivity index (χ4v) is 6.88. The molecule has 0 bridgehead atoms. The minimum atomic E-state index is -0.103. The number of ether oxygens (including phenoxy) is 2. The predicted molar refractivity (Wildman–Crippen MR) is 212 cm³/mol. The molecule has 0 aromatic rings.